The number of rotatable bonds is 1. The second kappa shape index (κ2) is 4.78. The molecule has 3 nitrogen and oxygen atoms in total. The van der Waals surface area contributed by atoms with E-state index in [1.165, 1.54) is 11.1 Å². The number of pyridine rings is 1. The van der Waals surface area contributed by atoms with Crippen molar-refractivity contribution in [2.45, 2.75) is 19.5 Å². The van der Waals surface area contributed by atoms with Crippen LogP contribution in [0.25, 0.3) is 11.1 Å². The van der Waals surface area contributed by atoms with Crippen molar-refractivity contribution in [2.75, 3.05) is 6.61 Å². The number of aromatic nitrogens is 1. The molecule has 1 atom stereocenters. The van der Waals surface area contributed by atoms with Gasteiger partial charge in [0.25, 0.3) is 0 Å². The minimum atomic E-state index is 0.350. The third-order valence-corrected chi connectivity index (χ3v) is 3.20. The largest absolute Gasteiger partial charge is 0.476 e. The molecule has 1 aromatic carbocycles. The first-order valence-corrected chi connectivity index (χ1v) is 6.24. The molecule has 1 aromatic heterocycles. The number of nitrogens with zero attached hydrogens (tertiary/aromatic N) is 1. The molecule has 3 rings (SSSR count). The predicted molar refractivity (Wildman–Crippen MR) is 71.5 cm³/mol. The number of ether oxygens (including phenoxy) is 1. The Morgan fingerprint density at radius 1 is 1.22 bits per heavy atom. The number of hydrogen-bond donors (Lipinski definition) is 1. The van der Waals surface area contributed by atoms with Crippen LogP contribution in [-0.2, 0) is 6.54 Å². The first kappa shape index (κ1) is 11.2. The van der Waals surface area contributed by atoms with Gasteiger partial charge < -0.3 is 10.1 Å². The molecule has 2 heterocycles. The summed E-state index contributed by atoms with van der Waals surface area (Å²) in [6.07, 6.45) is 1.82. The first-order chi connectivity index (χ1) is 8.84. The van der Waals surface area contributed by atoms with E-state index in [1.807, 2.05) is 12.3 Å². The van der Waals surface area contributed by atoms with E-state index < -0.39 is 0 Å². The maximum atomic E-state index is 5.75. The number of hydrogen-bond acceptors (Lipinski definition) is 3. The lowest BCUT2D eigenvalue weighted by molar-refractivity contribution is 0.278. The molecule has 2 aromatic rings. The summed E-state index contributed by atoms with van der Waals surface area (Å²) in [5.74, 6) is 0.758. The van der Waals surface area contributed by atoms with Gasteiger partial charge >= 0.3 is 0 Å². The lowest BCUT2D eigenvalue weighted by Gasteiger charge is -2.10. The molecular formula is C15H16N2O. The van der Waals surface area contributed by atoms with Gasteiger partial charge in [0.05, 0.1) is 0 Å². The van der Waals surface area contributed by atoms with Gasteiger partial charge in [-0.2, -0.15) is 0 Å². The van der Waals surface area contributed by atoms with Gasteiger partial charge in [-0.3, -0.25) is 0 Å². The van der Waals surface area contributed by atoms with Gasteiger partial charge in [-0.25, -0.2) is 4.98 Å². The summed E-state index contributed by atoms with van der Waals surface area (Å²) in [7, 11) is 0. The van der Waals surface area contributed by atoms with Gasteiger partial charge in [-0.1, -0.05) is 30.3 Å². The van der Waals surface area contributed by atoms with Crippen molar-refractivity contribution in [1.29, 1.82) is 0 Å². The average molecular weight is 240 g/mol. The summed E-state index contributed by atoms with van der Waals surface area (Å²) in [5.41, 5.74) is 3.55. The minimum Gasteiger partial charge on any atom is -0.476 e. The highest BCUT2D eigenvalue weighted by atomic mass is 16.5. The van der Waals surface area contributed by atoms with E-state index >= 15 is 0 Å². The Balaban J connectivity index is 2.07. The second-order valence-corrected chi connectivity index (χ2v) is 4.60. The zero-order chi connectivity index (χ0) is 12.4. The van der Waals surface area contributed by atoms with Gasteiger partial charge in [0.2, 0.25) is 5.88 Å². The minimum absolute atomic E-state index is 0.350. The van der Waals surface area contributed by atoms with Crippen LogP contribution in [0.4, 0.5) is 0 Å². The third kappa shape index (κ3) is 2.09. The number of benzene rings is 1. The fourth-order valence-electron chi connectivity index (χ4n) is 2.20. The van der Waals surface area contributed by atoms with E-state index in [0.29, 0.717) is 12.6 Å². The monoisotopic (exact) mass is 240 g/mol. The van der Waals surface area contributed by atoms with Crippen LogP contribution in [0.15, 0.2) is 42.6 Å². The molecule has 18 heavy (non-hydrogen) atoms. The molecule has 0 saturated heterocycles. The summed E-state index contributed by atoms with van der Waals surface area (Å²) in [5, 5.41) is 3.45. The fraction of sp³-hybridized carbons (Fsp3) is 0.267. The molecule has 0 unspecified atom stereocenters. The second-order valence-electron chi connectivity index (χ2n) is 4.60. The number of fused-ring (bicyclic) bond motifs is 1. The molecule has 0 radical (unpaired) electrons. The molecule has 1 aliphatic rings. The summed E-state index contributed by atoms with van der Waals surface area (Å²) in [6, 6.07) is 12.8. The van der Waals surface area contributed by atoms with Crippen molar-refractivity contribution in [3.8, 4) is 17.0 Å². The van der Waals surface area contributed by atoms with Crippen LogP contribution in [0.5, 0.6) is 5.88 Å². The zero-order valence-corrected chi connectivity index (χ0v) is 10.4. The highest BCUT2D eigenvalue weighted by molar-refractivity contribution is 5.68. The van der Waals surface area contributed by atoms with E-state index in [-0.39, 0.29) is 0 Å². The van der Waals surface area contributed by atoms with Crippen LogP contribution < -0.4 is 10.1 Å². The van der Waals surface area contributed by atoms with Crippen LogP contribution in [-0.4, -0.2) is 17.6 Å². The molecule has 92 valence electrons. The predicted octanol–water partition coefficient (Wildman–Crippen LogP) is 2.62. The first-order valence-electron chi connectivity index (χ1n) is 6.24. The number of nitrogens with one attached hydrogen (secondary N) is 1. The van der Waals surface area contributed by atoms with E-state index in [4.69, 9.17) is 4.74 Å². The molecular weight excluding hydrogens is 224 g/mol. The van der Waals surface area contributed by atoms with Gasteiger partial charge in [0.15, 0.2) is 0 Å². The average Bonchev–Trinajstić information content (AvgIpc) is 2.62. The topological polar surface area (TPSA) is 34.1 Å². The molecule has 1 N–H and O–H groups in total. The van der Waals surface area contributed by atoms with Crippen LogP contribution in [0.1, 0.15) is 12.5 Å². The molecule has 3 heteroatoms. The van der Waals surface area contributed by atoms with Gasteiger partial charge in [0, 0.05) is 24.3 Å². The SMILES string of the molecule is C[C@@H]1COc2nccc(-c3ccccc3)c2CN1. The molecule has 0 aliphatic carbocycles. The lowest BCUT2D eigenvalue weighted by atomic mass is 10.0. The maximum absolute atomic E-state index is 5.75. The maximum Gasteiger partial charge on any atom is 0.218 e. The summed E-state index contributed by atoms with van der Waals surface area (Å²) in [6.45, 7) is 3.58. The molecule has 0 spiro atoms. The standard InChI is InChI=1S/C15H16N2O/c1-11-10-18-15-14(9-17-11)13(7-8-16-15)12-5-3-2-4-6-12/h2-8,11,17H,9-10H2,1H3/t11-/m1/s1. The van der Waals surface area contributed by atoms with Crippen LogP contribution in [0, 0.1) is 0 Å². The van der Waals surface area contributed by atoms with E-state index in [0.717, 1.165) is 18.0 Å². The Hall–Kier alpha value is -1.87. The molecule has 0 saturated carbocycles. The summed E-state index contributed by atoms with van der Waals surface area (Å²) >= 11 is 0. The molecule has 0 fully saturated rings. The van der Waals surface area contributed by atoms with Gasteiger partial charge in [0.1, 0.15) is 6.61 Å². The molecule has 0 bridgehead atoms. The van der Waals surface area contributed by atoms with Crippen molar-refractivity contribution < 1.29 is 4.74 Å². The molecule has 0 amide bonds. The van der Waals surface area contributed by atoms with E-state index in [1.54, 1.807) is 0 Å². The van der Waals surface area contributed by atoms with Crippen LogP contribution in [0.2, 0.25) is 0 Å². The van der Waals surface area contributed by atoms with E-state index in [9.17, 15) is 0 Å². The summed E-state index contributed by atoms with van der Waals surface area (Å²) < 4.78 is 5.75. The molecule has 1 aliphatic heterocycles. The van der Waals surface area contributed by atoms with Crippen molar-refractivity contribution in [1.82, 2.24) is 10.3 Å². The Labute approximate surface area is 107 Å². The fourth-order valence-corrected chi connectivity index (χ4v) is 2.20. The highest BCUT2D eigenvalue weighted by Crippen LogP contribution is 2.30. The Bertz CT molecular complexity index is 539. The Morgan fingerprint density at radius 2 is 2.06 bits per heavy atom. The quantitative estimate of drug-likeness (QED) is 0.832. The lowest BCUT2D eigenvalue weighted by Crippen LogP contribution is -2.28. The smallest absolute Gasteiger partial charge is 0.218 e. The van der Waals surface area contributed by atoms with Crippen molar-refractivity contribution in [2.24, 2.45) is 0 Å². The van der Waals surface area contributed by atoms with Gasteiger partial charge in [-0.05, 0) is 24.1 Å². The van der Waals surface area contributed by atoms with Gasteiger partial charge in [-0.15, -0.1) is 0 Å². The van der Waals surface area contributed by atoms with Crippen LogP contribution in [0.3, 0.4) is 0 Å². The Morgan fingerprint density at radius 3 is 2.89 bits per heavy atom. The Kier molecular flexibility index (Phi) is 2.99. The normalized spacial score (nSPS) is 18.6. The zero-order valence-electron chi connectivity index (χ0n) is 10.4. The van der Waals surface area contributed by atoms with Crippen molar-refractivity contribution in [3.63, 3.8) is 0 Å². The highest BCUT2D eigenvalue weighted by Gasteiger charge is 2.17. The summed E-state index contributed by atoms with van der Waals surface area (Å²) in [4.78, 5) is 4.34. The van der Waals surface area contributed by atoms with Crippen LogP contribution >= 0.6 is 0 Å². The van der Waals surface area contributed by atoms with E-state index in [2.05, 4.69) is 47.6 Å². The van der Waals surface area contributed by atoms with Crippen molar-refractivity contribution in [3.05, 3.63) is 48.2 Å². The van der Waals surface area contributed by atoms with Crippen molar-refractivity contribution >= 4 is 0 Å². The third-order valence-electron chi connectivity index (χ3n) is 3.20.